The Morgan fingerprint density at radius 1 is 1.19 bits per heavy atom. The molecule has 1 heterocycles. The summed E-state index contributed by atoms with van der Waals surface area (Å²) in [4.78, 5) is 23.4. The molecule has 27 heavy (non-hydrogen) atoms. The van der Waals surface area contributed by atoms with Gasteiger partial charge in [0.1, 0.15) is 0 Å². The molecule has 0 saturated carbocycles. The van der Waals surface area contributed by atoms with E-state index < -0.39 is 12.6 Å². The van der Waals surface area contributed by atoms with Crippen LogP contribution in [0.1, 0.15) is 12.5 Å². The number of carbonyl (C=O) groups excluding carboxylic acids is 1. The fraction of sp³-hybridized carbons (Fsp3) is 0.150. The summed E-state index contributed by atoms with van der Waals surface area (Å²) in [5.41, 5.74) is 2.48. The largest absolute Gasteiger partial charge is 0.493 e. The number of anilines is 1. The maximum atomic E-state index is 12.7. The topological polar surface area (TPSA) is 88.4 Å². The molecule has 1 amide bonds. The van der Waals surface area contributed by atoms with Crippen LogP contribution < -0.4 is 14.5 Å². The number of hydrogen-bond donors (Lipinski definition) is 1. The van der Waals surface area contributed by atoms with Gasteiger partial charge in [-0.3, -0.25) is 4.79 Å². The number of aliphatic carboxylic acids is 1. The maximum absolute atomic E-state index is 12.7. The Morgan fingerprint density at radius 2 is 1.93 bits per heavy atom. The zero-order valence-electron chi connectivity index (χ0n) is 14.9. The Labute approximate surface area is 156 Å². The number of methoxy groups -OCH3 is 1. The highest BCUT2D eigenvalue weighted by atomic mass is 16.5. The average molecular weight is 366 g/mol. The van der Waals surface area contributed by atoms with Crippen molar-refractivity contribution in [2.75, 3.05) is 18.7 Å². The van der Waals surface area contributed by atoms with E-state index in [9.17, 15) is 9.59 Å². The molecule has 0 atom stereocenters. The molecule has 1 aliphatic heterocycles. The molecule has 0 aliphatic carbocycles. The number of benzene rings is 2. The van der Waals surface area contributed by atoms with E-state index in [-0.39, 0.29) is 5.91 Å². The Bertz CT molecular complexity index is 935. The lowest BCUT2D eigenvalue weighted by Crippen LogP contribution is -2.21. The predicted octanol–water partition coefficient (Wildman–Crippen LogP) is 2.96. The van der Waals surface area contributed by atoms with E-state index in [0.717, 1.165) is 0 Å². The van der Waals surface area contributed by atoms with Gasteiger partial charge in [0.25, 0.3) is 5.91 Å². The van der Waals surface area contributed by atoms with E-state index in [4.69, 9.17) is 14.6 Å². The Hall–Kier alpha value is -3.61. The first-order chi connectivity index (χ1) is 13.0. The summed E-state index contributed by atoms with van der Waals surface area (Å²) in [6.07, 6.45) is 1.72. The summed E-state index contributed by atoms with van der Waals surface area (Å²) in [6.45, 7) is 1.31. The monoisotopic (exact) mass is 366 g/mol. The third kappa shape index (κ3) is 3.98. The molecule has 0 saturated heterocycles. The van der Waals surface area contributed by atoms with Crippen LogP contribution in [-0.4, -0.2) is 36.4 Å². The van der Waals surface area contributed by atoms with Gasteiger partial charge in [0.15, 0.2) is 18.1 Å². The van der Waals surface area contributed by atoms with Gasteiger partial charge in [0, 0.05) is 0 Å². The number of ether oxygens (including phenoxy) is 2. The van der Waals surface area contributed by atoms with Gasteiger partial charge in [-0.2, -0.15) is 10.1 Å². The third-order valence-corrected chi connectivity index (χ3v) is 3.91. The first kappa shape index (κ1) is 18.2. The summed E-state index contributed by atoms with van der Waals surface area (Å²) < 4.78 is 10.4. The molecule has 7 nitrogen and oxygen atoms in total. The molecule has 2 aromatic carbocycles. The van der Waals surface area contributed by atoms with Gasteiger partial charge in [-0.05, 0) is 42.8 Å². The van der Waals surface area contributed by atoms with Gasteiger partial charge in [-0.15, -0.1) is 0 Å². The van der Waals surface area contributed by atoms with E-state index in [0.29, 0.717) is 34.0 Å². The number of carboxylic acid groups (broad SMARTS) is 1. The molecule has 0 radical (unpaired) electrons. The van der Waals surface area contributed by atoms with Crippen molar-refractivity contribution in [3.8, 4) is 11.5 Å². The number of rotatable bonds is 6. The van der Waals surface area contributed by atoms with Crippen LogP contribution in [0.5, 0.6) is 11.5 Å². The second-order valence-electron chi connectivity index (χ2n) is 5.79. The first-order valence-electron chi connectivity index (χ1n) is 8.19. The lowest BCUT2D eigenvalue weighted by Gasteiger charge is -2.11. The maximum Gasteiger partial charge on any atom is 0.341 e. The van der Waals surface area contributed by atoms with Gasteiger partial charge < -0.3 is 14.6 Å². The summed E-state index contributed by atoms with van der Waals surface area (Å²) in [5.74, 6) is -0.599. The van der Waals surface area contributed by atoms with Gasteiger partial charge in [0.2, 0.25) is 0 Å². The predicted molar refractivity (Wildman–Crippen MR) is 101 cm³/mol. The summed E-state index contributed by atoms with van der Waals surface area (Å²) >= 11 is 0. The molecule has 1 N–H and O–H groups in total. The lowest BCUT2D eigenvalue weighted by molar-refractivity contribution is -0.139. The quantitative estimate of drug-likeness (QED) is 0.794. The van der Waals surface area contributed by atoms with Gasteiger partial charge >= 0.3 is 5.97 Å². The first-order valence-corrected chi connectivity index (χ1v) is 8.19. The molecule has 0 bridgehead atoms. The molecule has 0 spiro atoms. The molecule has 3 rings (SSSR count). The fourth-order valence-electron chi connectivity index (χ4n) is 2.63. The molecule has 0 aromatic heterocycles. The van der Waals surface area contributed by atoms with E-state index in [1.807, 2.05) is 30.3 Å². The van der Waals surface area contributed by atoms with Crippen molar-refractivity contribution in [3.05, 3.63) is 59.7 Å². The number of carboxylic acids is 1. The highest BCUT2D eigenvalue weighted by Gasteiger charge is 2.28. The van der Waals surface area contributed by atoms with Crippen molar-refractivity contribution < 1.29 is 24.2 Å². The van der Waals surface area contributed by atoms with Crippen LogP contribution in [0.15, 0.2) is 59.2 Å². The number of hydrogen-bond acceptors (Lipinski definition) is 5. The average Bonchev–Trinajstić information content (AvgIpc) is 2.95. The zero-order valence-corrected chi connectivity index (χ0v) is 14.9. The van der Waals surface area contributed by atoms with Crippen LogP contribution in [0.4, 0.5) is 5.69 Å². The molecule has 2 aromatic rings. The van der Waals surface area contributed by atoms with Crippen LogP contribution in [0.2, 0.25) is 0 Å². The number of para-hydroxylation sites is 1. The molecule has 0 unspecified atom stereocenters. The number of nitrogens with zero attached hydrogens (tertiary/aromatic N) is 2. The minimum atomic E-state index is -1.08. The molecule has 7 heteroatoms. The van der Waals surface area contributed by atoms with Crippen molar-refractivity contribution in [1.82, 2.24) is 0 Å². The highest BCUT2D eigenvalue weighted by Crippen LogP contribution is 2.30. The second-order valence-corrected chi connectivity index (χ2v) is 5.79. The van der Waals surface area contributed by atoms with Crippen LogP contribution in [-0.2, 0) is 9.59 Å². The standard InChI is InChI=1S/C20H18N2O5/c1-13-16(20(25)22(21-13)15-6-4-3-5-7-15)10-14-8-9-17(18(11-14)26-2)27-12-19(23)24/h3-11H,12H2,1-2H3,(H,23,24)/b16-10+. The molecule has 0 fully saturated rings. The molecule has 138 valence electrons. The summed E-state index contributed by atoms with van der Waals surface area (Å²) in [6, 6.07) is 14.2. The smallest absolute Gasteiger partial charge is 0.341 e. The Morgan fingerprint density at radius 3 is 2.59 bits per heavy atom. The number of carbonyl (C=O) groups is 2. The minimum absolute atomic E-state index is 0.219. The van der Waals surface area contributed by atoms with Crippen LogP contribution in [0.25, 0.3) is 6.08 Å². The summed E-state index contributed by atoms with van der Waals surface area (Å²) in [5, 5.41) is 14.4. The van der Waals surface area contributed by atoms with E-state index in [2.05, 4.69) is 5.10 Å². The van der Waals surface area contributed by atoms with E-state index in [1.54, 1.807) is 31.2 Å². The van der Waals surface area contributed by atoms with Crippen molar-refractivity contribution >= 4 is 29.4 Å². The van der Waals surface area contributed by atoms with Gasteiger partial charge in [-0.1, -0.05) is 24.3 Å². The number of hydrazone groups is 1. The van der Waals surface area contributed by atoms with E-state index in [1.165, 1.54) is 12.1 Å². The van der Waals surface area contributed by atoms with Crippen molar-refractivity contribution in [2.24, 2.45) is 5.10 Å². The van der Waals surface area contributed by atoms with Crippen molar-refractivity contribution in [3.63, 3.8) is 0 Å². The van der Waals surface area contributed by atoms with E-state index >= 15 is 0 Å². The van der Waals surface area contributed by atoms with Gasteiger partial charge in [-0.25, -0.2) is 4.79 Å². The third-order valence-electron chi connectivity index (χ3n) is 3.91. The minimum Gasteiger partial charge on any atom is -0.493 e. The van der Waals surface area contributed by atoms with Crippen molar-refractivity contribution in [1.29, 1.82) is 0 Å². The SMILES string of the molecule is COc1cc(/C=C2/C(=O)N(c3ccccc3)N=C2C)ccc1OCC(=O)O. The molecular weight excluding hydrogens is 348 g/mol. The Kier molecular flexibility index (Phi) is 5.21. The van der Waals surface area contributed by atoms with Gasteiger partial charge in [0.05, 0.1) is 24.1 Å². The van der Waals surface area contributed by atoms with Crippen molar-refractivity contribution in [2.45, 2.75) is 6.92 Å². The fourth-order valence-corrected chi connectivity index (χ4v) is 2.63. The molecule has 1 aliphatic rings. The van der Waals surface area contributed by atoms with Crippen LogP contribution >= 0.6 is 0 Å². The summed E-state index contributed by atoms with van der Waals surface area (Å²) in [7, 11) is 1.46. The second kappa shape index (κ2) is 7.74. The van der Waals surface area contributed by atoms with Crippen LogP contribution in [0, 0.1) is 0 Å². The highest BCUT2D eigenvalue weighted by molar-refractivity contribution is 6.32. The normalized spacial score (nSPS) is 15.0. The zero-order chi connectivity index (χ0) is 19.4. The number of amides is 1. The Balaban J connectivity index is 1.87. The lowest BCUT2D eigenvalue weighted by atomic mass is 10.1. The van der Waals surface area contributed by atoms with Crippen LogP contribution in [0.3, 0.4) is 0 Å². The molecular formula is C20H18N2O5.